The number of amides is 2. The SMILES string of the molecule is COc1cc(NC(=NCc2ccncc2)NC(=O)c2ccc(NC(C)=O)cc2)cc(OC)c1. The van der Waals surface area contributed by atoms with Gasteiger partial charge >= 0.3 is 0 Å². The van der Waals surface area contributed by atoms with Crippen LogP contribution in [-0.4, -0.2) is 37.0 Å². The summed E-state index contributed by atoms with van der Waals surface area (Å²) >= 11 is 0. The molecule has 2 amide bonds. The number of carbonyl (C=O) groups is 2. The van der Waals surface area contributed by atoms with E-state index in [1.54, 1.807) is 69.1 Å². The minimum atomic E-state index is -0.361. The van der Waals surface area contributed by atoms with Crippen LogP contribution in [0.25, 0.3) is 0 Å². The zero-order valence-corrected chi connectivity index (χ0v) is 18.6. The number of anilines is 2. The molecule has 0 unspecified atom stereocenters. The maximum Gasteiger partial charge on any atom is 0.257 e. The van der Waals surface area contributed by atoms with E-state index in [-0.39, 0.29) is 17.8 Å². The number of nitrogens with one attached hydrogen (secondary N) is 3. The van der Waals surface area contributed by atoms with E-state index in [0.717, 1.165) is 5.56 Å². The molecule has 0 aliphatic carbocycles. The van der Waals surface area contributed by atoms with Crippen LogP contribution >= 0.6 is 0 Å². The second kappa shape index (κ2) is 11.3. The average molecular weight is 447 g/mol. The van der Waals surface area contributed by atoms with Gasteiger partial charge in [0.25, 0.3) is 5.91 Å². The molecule has 0 saturated heterocycles. The highest BCUT2D eigenvalue weighted by molar-refractivity contribution is 6.10. The molecule has 33 heavy (non-hydrogen) atoms. The highest BCUT2D eigenvalue weighted by atomic mass is 16.5. The molecule has 1 heterocycles. The van der Waals surface area contributed by atoms with Crippen LogP contribution in [0, 0.1) is 0 Å². The summed E-state index contributed by atoms with van der Waals surface area (Å²) in [5.41, 5.74) is 2.57. The maximum absolute atomic E-state index is 12.9. The molecule has 3 aromatic rings. The Morgan fingerprint density at radius 2 is 1.52 bits per heavy atom. The molecule has 3 rings (SSSR count). The minimum absolute atomic E-state index is 0.185. The van der Waals surface area contributed by atoms with Crippen molar-refractivity contribution in [3.05, 3.63) is 78.1 Å². The number of methoxy groups -OCH3 is 2. The maximum atomic E-state index is 12.9. The van der Waals surface area contributed by atoms with E-state index in [2.05, 4.69) is 25.9 Å². The third-order valence-corrected chi connectivity index (χ3v) is 4.48. The molecule has 0 bridgehead atoms. The molecule has 0 fully saturated rings. The summed E-state index contributed by atoms with van der Waals surface area (Å²) in [4.78, 5) is 32.6. The van der Waals surface area contributed by atoms with Crippen LogP contribution < -0.4 is 25.4 Å². The number of rotatable bonds is 7. The van der Waals surface area contributed by atoms with Gasteiger partial charge in [0.1, 0.15) is 11.5 Å². The topological polar surface area (TPSA) is 114 Å². The molecular formula is C24H25N5O4. The van der Waals surface area contributed by atoms with E-state index >= 15 is 0 Å². The van der Waals surface area contributed by atoms with Crippen molar-refractivity contribution in [1.29, 1.82) is 0 Å². The number of hydrogen-bond acceptors (Lipinski definition) is 6. The van der Waals surface area contributed by atoms with Crippen molar-refractivity contribution in [2.24, 2.45) is 4.99 Å². The smallest absolute Gasteiger partial charge is 0.257 e. The molecule has 9 nitrogen and oxygen atoms in total. The summed E-state index contributed by atoms with van der Waals surface area (Å²) in [5, 5.41) is 8.59. The summed E-state index contributed by atoms with van der Waals surface area (Å²) in [6.07, 6.45) is 3.36. The number of carbonyl (C=O) groups excluding carboxylic acids is 2. The summed E-state index contributed by atoms with van der Waals surface area (Å²) in [5.74, 6) is 0.879. The molecule has 0 radical (unpaired) electrons. The van der Waals surface area contributed by atoms with Crippen molar-refractivity contribution in [3.8, 4) is 11.5 Å². The monoisotopic (exact) mass is 447 g/mol. The van der Waals surface area contributed by atoms with Gasteiger partial charge in [0, 0.05) is 54.5 Å². The van der Waals surface area contributed by atoms with Gasteiger partial charge in [0.05, 0.1) is 20.8 Å². The molecule has 0 saturated carbocycles. The third-order valence-electron chi connectivity index (χ3n) is 4.48. The molecular weight excluding hydrogens is 422 g/mol. The Bertz CT molecular complexity index is 1110. The van der Waals surface area contributed by atoms with E-state index in [9.17, 15) is 9.59 Å². The number of guanidine groups is 1. The lowest BCUT2D eigenvalue weighted by molar-refractivity contribution is -0.114. The number of benzene rings is 2. The number of pyridine rings is 1. The van der Waals surface area contributed by atoms with Gasteiger partial charge in [-0.05, 0) is 42.0 Å². The fraction of sp³-hybridized carbons (Fsp3) is 0.167. The Hall–Kier alpha value is -4.40. The van der Waals surface area contributed by atoms with Gasteiger partial charge in [-0.1, -0.05) is 0 Å². The van der Waals surface area contributed by atoms with E-state index in [4.69, 9.17) is 9.47 Å². The van der Waals surface area contributed by atoms with E-state index in [1.165, 1.54) is 6.92 Å². The molecule has 0 spiro atoms. The molecule has 0 atom stereocenters. The minimum Gasteiger partial charge on any atom is -0.497 e. The average Bonchev–Trinajstić information content (AvgIpc) is 2.83. The van der Waals surface area contributed by atoms with Gasteiger partial charge in [-0.3, -0.25) is 19.9 Å². The molecule has 2 aromatic carbocycles. The van der Waals surface area contributed by atoms with Crippen LogP contribution in [0.4, 0.5) is 11.4 Å². The summed E-state index contributed by atoms with van der Waals surface area (Å²) in [6, 6.07) is 15.5. The molecule has 0 aliphatic rings. The van der Waals surface area contributed by atoms with E-state index in [0.29, 0.717) is 35.0 Å². The van der Waals surface area contributed by atoms with Crippen molar-refractivity contribution in [3.63, 3.8) is 0 Å². The second-order valence-electron chi connectivity index (χ2n) is 6.96. The van der Waals surface area contributed by atoms with Crippen LogP contribution in [-0.2, 0) is 11.3 Å². The molecule has 1 aromatic heterocycles. The Balaban J connectivity index is 1.82. The fourth-order valence-electron chi connectivity index (χ4n) is 2.87. The van der Waals surface area contributed by atoms with E-state index in [1.807, 2.05) is 12.1 Å². The normalized spacial score (nSPS) is 10.8. The van der Waals surface area contributed by atoms with Crippen LogP contribution in [0.1, 0.15) is 22.8 Å². The Morgan fingerprint density at radius 3 is 2.09 bits per heavy atom. The molecule has 3 N–H and O–H groups in total. The first-order valence-electron chi connectivity index (χ1n) is 10.1. The van der Waals surface area contributed by atoms with Gasteiger partial charge in [-0.15, -0.1) is 0 Å². The summed E-state index contributed by atoms with van der Waals surface area (Å²) < 4.78 is 10.6. The summed E-state index contributed by atoms with van der Waals surface area (Å²) in [7, 11) is 3.12. The number of aromatic nitrogens is 1. The standard InChI is InChI=1S/C24H25N5O4/c1-16(30)27-19-6-4-18(5-7-19)23(31)29-24(26-15-17-8-10-25-11-9-17)28-20-12-21(32-2)14-22(13-20)33-3/h4-14H,15H2,1-3H3,(H,27,30)(H2,26,28,29,31). The lowest BCUT2D eigenvalue weighted by Gasteiger charge is -2.14. The van der Waals surface area contributed by atoms with Crippen molar-refractivity contribution >= 4 is 29.1 Å². The second-order valence-corrected chi connectivity index (χ2v) is 6.96. The first kappa shape index (κ1) is 23.3. The van der Waals surface area contributed by atoms with Gasteiger partial charge in [-0.2, -0.15) is 0 Å². The molecule has 170 valence electrons. The number of ether oxygens (including phenoxy) is 2. The quantitative estimate of drug-likeness (QED) is 0.378. The number of nitrogens with zero attached hydrogens (tertiary/aromatic N) is 2. The Kier molecular flexibility index (Phi) is 7.96. The van der Waals surface area contributed by atoms with Gasteiger partial charge < -0.3 is 20.1 Å². The van der Waals surface area contributed by atoms with Crippen LogP contribution in [0.5, 0.6) is 11.5 Å². The first-order chi connectivity index (χ1) is 16.0. The van der Waals surface area contributed by atoms with Gasteiger partial charge in [-0.25, -0.2) is 4.99 Å². The van der Waals surface area contributed by atoms with E-state index < -0.39 is 0 Å². The van der Waals surface area contributed by atoms with Crippen molar-refractivity contribution in [2.45, 2.75) is 13.5 Å². The third kappa shape index (κ3) is 7.06. The Labute approximate surface area is 191 Å². The summed E-state index contributed by atoms with van der Waals surface area (Å²) in [6.45, 7) is 1.75. The first-order valence-corrected chi connectivity index (χ1v) is 10.1. The molecule has 0 aliphatic heterocycles. The van der Waals surface area contributed by atoms with Crippen molar-refractivity contribution in [1.82, 2.24) is 10.3 Å². The van der Waals surface area contributed by atoms with Gasteiger partial charge in [0.2, 0.25) is 11.9 Å². The fourth-order valence-corrected chi connectivity index (χ4v) is 2.87. The Morgan fingerprint density at radius 1 is 0.879 bits per heavy atom. The zero-order chi connectivity index (χ0) is 23.6. The predicted molar refractivity (Wildman–Crippen MR) is 127 cm³/mol. The molecule has 9 heteroatoms. The van der Waals surface area contributed by atoms with Crippen LogP contribution in [0.2, 0.25) is 0 Å². The lowest BCUT2D eigenvalue weighted by atomic mass is 10.2. The van der Waals surface area contributed by atoms with Gasteiger partial charge in [0.15, 0.2) is 0 Å². The number of hydrogen-bond donors (Lipinski definition) is 3. The predicted octanol–water partition coefficient (Wildman–Crippen LogP) is 3.46. The van der Waals surface area contributed by atoms with Crippen molar-refractivity contribution < 1.29 is 19.1 Å². The highest BCUT2D eigenvalue weighted by Gasteiger charge is 2.11. The van der Waals surface area contributed by atoms with Crippen LogP contribution in [0.15, 0.2) is 72.0 Å². The zero-order valence-electron chi connectivity index (χ0n) is 18.6. The number of aliphatic imine (C=N–C) groups is 1. The largest absolute Gasteiger partial charge is 0.497 e. The van der Waals surface area contributed by atoms with Crippen LogP contribution in [0.3, 0.4) is 0 Å². The van der Waals surface area contributed by atoms with Crippen molar-refractivity contribution in [2.75, 3.05) is 24.9 Å². The highest BCUT2D eigenvalue weighted by Crippen LogP contribution is 2.25. The lowest BCUT2D eigenvalue weighted by Crippen LogP contribution is -2.36.